The standard InChI is InChI=1S/C26H28BF2N5O3S/c1-15(17-4-3-5-19-21(17)37-13-26(19,28)29)32-22-18-12-20(24(35)34(2)23(18)31-14-30-22)25(27)8-10-38(36,11-9-25)33-16-6-7-16/h3-5,12,14-16H,6-11,13H2,1-2H3,(H,30,31,32)/t15-,25?,38?/m1/s1. The average molecular weight is 539 g/mol. The largest absolute Gasteiger partial charge is 0.486 e. The molecular weight excluding hydrogens is 511 g/mol. The van der Waals surface area contributed by atoms with Gasteiger partial charge in [0.05, 0.1) is 30.9 Å². The number of ether oxygens (including phenoxy) is 1. The number of aromatic nitrogens is 3. The number of nitrogens with zero attached hydrogens (tertiary/aromatic N) is 4. The van der Waals surface area contributed by atoms with Crippen molar-refractivity contribution in [2.45, 2.75) is 55.9 Å². The molecule has 6 rings (SSSR count). The minimum Gasteiger partial charge on any atom is -0.486 e. The summed E-state index contributed by atoms with van der Waals surface area (Å²) in [6.07, 6.45) is 4.10. The lowest BCUT2D eigenvalue weighted by molar-refractivity contribution is -0.0214. The van der Waals surface area contributed by atoms with Crippen LogP contribution in [0.5, 0.6) is 5.75 Å². The van der Waals surface area contributed by atoms with Crippen LogP contribution in [0.2, 0.25) is 0 Å². The third-order valence-corrected chi connectivity index (χ3v) is 10.2. The molecule has 8 nitrogen and oxygen atoms in total. The van der Waals surface area contributed by atoms with Gasteiger partial charge in [0.2, 0.25) is 0 Å². The fourth-order valence-electron chi connectivity index (χ4n) is 5.35. The molecule has 1 saturated carbocycles. The molecule has 0 spiro atoms. The van der Waals surface area contributed by atoms with Crippen LogP contribution >= 0.6 is 0 Å². The van der Waals surface area contributed by atoms with Gasteiger partial charge in [-0.3, -0.25) is 9.36 Å². The topological polar surface area (TPSA) is 98.5 Å². The Labute approximate surface area is 220 Å². The SMILES string of the molecule is [B]C1(c2cc3c(N[C@H](C)c4cccc5c4OCC5(F)F)ncnc3n(C)c2=O)CCS(=O)(=NC2CC2)CC1. The molecule has 4 heterocycles. The lowest BCUT2D eigenvalue weighted by Crippen LogP contribution is -2.42. The lowest BCUT2D eigenvalue weighted by atomic mass is 9.60. The summed E-state index contributed by atoms with van der Waals surface area (Å²) in [5, 5.41) is 2.92. The molecule has 0 bridgehead atoms. The van der Waals surface area contributed by atoms with E-state index in [4.69, 9.17) is 12.6 Å². The molecule has 1 aliphatic carbocycles. The van der Waals surface area contributed by atoms with Gasteiger partial charge in [0.25, 0.3) is 5.56 Å². The van der Waals surface area contributed by atoms with Crippen LogP contribution in [-0.4, -0.2) is 50.7 Å². The Bertz CT molecular complexity index is 1620. The van der Waals surface area contributed by atoms with Crippen molar-refractivity contribution in [1.82, 2.24) is 14.5 Å². The van der Waals surface area contributed by atoms with E-state index in [2.05, 4.69) is 19.6 Å². The Kier molecular flexibility index (Phi) is 5.82. The quantitative estimate of drug-likeness (QED) is 0.496. The molecule has 3 aliphatic rings. The second-order valence-electron chi connectivity index (χ2n) is 10.6. The summed E-state index contributed by atoms with van der Waals surface area (Å²) >= 11 is 0. The van der Waals surface area contributed by atoms with Crippen LogP contribution in [0.3, 0.4) is 0 Å². The lowest BCUT2D eigenvalue weighted by Gasteiger charge is -2.35. The van der Waals surface area contributed by atoms with Crippen molar-refractivity contribution in [1.29, 1.82) is 0 Å². The second-order valence-corrected chi connectivity index (χ2v) is 13.2. The van der Waals surface area contributed by atoms with E-state index in [9.17, 15) is 17.8 Å². The van der Waals surface area contributed by atoms with Gasteiger partial charge in [-0.2, -0.15) is 8.78 Å². The third kappa shape index (κ3) is 4.26. The number of alkyl halides is 2. The van der Waals surface area contributed by atoms with Crippen molar-refractivity contribution in [3.8, 4) is 5.75 Å². The molecule has 2 aromatic heterocycles. The number of fused-ring (bicyclic) bond motifs is 2. The van der Waals surface area contributed by atoms with Gasteiger partial charge in [0.1, 0.15) is 23.5 Å². The van der Waals surface area contributed by atoms with Crippen LogP contribution in [0.25, 0.3) is 11.0 Å². The molecule has 2 aliphatic heterocycles. The van der Waals surface area contributed by atoms with Gasteiger partial charge in [-0.1, -0.05) is 12.1 Å². The monoisotopic (exact) mass is 539 g/mol. The molecule has 2 fully saturated rings. The smallest absolute Gasteiger partial charge is 0.310 e. The van der Waals surface area contributed by atoms with E-state index < -0.39 is 33.6 Å². The van der Waals surface area contributed by atoms with E-state index in [1.54, 1.807) is 25.2 Å². The molecule has 38 heavy (non-hydrogen) atoms. The number of halogens is 2. The van der Waals surface area contributed by atoms with E-state index in [0.717, 1.165) is 12.8 Å². The first-order valence-corrected chi connectivity index (χ1v) is 14.6. The zero-order chi connectivity index (χ0) is 26.9. The summed E-state index contributed by atoms with van der Waals surface area (Å²) < 4.78 is 53.0. The summed E-state index contributed by atoms with van der Waals surface area (Å²) in [7, 11) is 6.13. The Morgan fingerprint density at radius 1 is 1.24 bits per heavy atom. The summed E-state index contributed by atoms with van der Waals surface area (Å²) in [6, 6.07) is 6.19. The predicted molar refractivity (Wildman–Crippen MR) is 143 cm³/mol. The van der Waals surface area contributed by atoms with E-state index in [0.29, 0.717) is 52.3 Å². The van der Waals surface area contributed by atoms with Crippen LogP contribution in [0.1, 0.15) is 55.3 Å². The fourth-order valence-corrected chi connectivity index (χ4v) is 7.88. The Morgan fingerprint density at radius 3 is 2.68 bits per heavy atom. The Morgan fingerprint density at radius 2 is 1.97 bits per heavy atom. The summed E-state index contributed by atoms with van der Waals surface area (Å²) in [6.45, 7) is 1.14. The summed E-state index contributed by atoms with van der Waals surface area (Å²) in [5.74, 6) is -1.71. The van der Waals surface area contributed by atoms with Crippen molar-refractivity contribution in [2.24, 2.45) is 11.4 Å². The highest BCUT2D eigenvalue weighted by Gasteiger charge is 2.43. The molecule has 2 radical (unpaired) electrons. The molecular formula is C26H28BF2N5O3S. The first kappa shape index (κ1) is 25.3. The van der Waals surface area contributed by atoms with Crippen LogP contribution < -0.4 is 15.6 Å². The molecule has 12 heteroatoms. The Hall–Kier alpha value is -3.02. The predicted octanol–water partition coefficient (Wildman–Crippen LogP) is 3.77. The molecule has 0 amide bonds. The van der Waals surface area contributed by atoms with Gasteiger partial charge in [-0.25, -0.2) is 18.5 Å². The summed E-state index contributed by atoms with van der Waals surface area (Å²) in [4.78, 5) is 22.1. The van der Waals surface area contributed by atoms with Crippen LogP contribution in [0.4, 0.5) is 14.6 Å². The number of hydrogen-bond donors (Lipinski definition) is 1. The maximum atomic E-state index is 14.2. The van der Waals surface area contributed by atoms with Gasteiger partial charge in [0.15, 0.2) is 6.61 Å². The first-order valence-electron chi connectivity index (χ1n) is 12.8. The normalized spacial score (nSPS) is 26.9. The number of nitrogens with one attached hydrogen (secondary N) is 1. The number of benzene rings is 1. The van der Waals surface area contributed by atoms with Crippen LogP contribution in [-0.2, 0) is 28.0 Å². The number of rotatable bonds is 5. The molecule has 1 atom stereocenters. The Balaban J connectivity index is 1.36. The minimum atomic E-state index is -3.04. The molecule has 1 saturated heterocycles. The number of anilines is 1. The first-order chi connectivity index (χ1) is 18.0. The van der Waals surface area contributed by atoms with Crippen LogP contribution in [0.15, 0.2) is 39.8 Å². The van der Waals surface area contributed by atoms with Crippen molar-refractivity contribution in [3.63, 3.8) is 0 Å². The van der Waals surface area contributed by atoms with Crippen LogP contribution in [0, 0.1) is 0 Å². The number of hydrogen-bond acceptors (Lipinski definition) is 7. The average Bonchev–Trinajstić information content (AvgIpc) is 3.64. The van der Waals surface area contributed by atoms with Gasteiger partial charge in [-0.15, -0.1) is 0 Å². The molecule has 3 aromatic rings. The van der Waals surface area contributed by atoms with E-state index >= 15 is 0 Å². The zero-order valence-corrected chi connectivity index (χ0v) is 22.1. The van der Waals surface area contributed by atoms with Crippen molar-refractivity contribution in [3.05, 3.63) is 57.6 Å². The zero-order valence-electron chi connectivity index (χ0n) is 21.2. The highest BCUT2D eigenvalue weighted by Crippen LogP contribution is 2.45. The van der Waals surface area contributed by atoms with Gasteiger partial charge >= 0.3 is 5.92 Å². The number of aryl methyl sites for hydroxylation is 1. The molecule has 198 valence electrons. The highest BCUT2D eigenvalue weighted by molar-refractivity contribution is 7.93. The molecule has 1 aromatic carbocycles. The maximum Gasteiger partial charge on any atom is 0.310 e. The highest BCUT2D eigenvalue weighted by atomic mass is 32.2. The molecule has 0 unspecified atom stereocenters. The van der Waals surface area contributed by atoms with Gasteiger partial charge in [0, 0.05) is 39.4 Å². The second kappa shape index (κ2) is 8.76. The van der Waals surface area contributed by atoms with E-state index in [1.807, 2.05) is 6.92 Å². The maximum absolute atomic E-state index is 14.2. The number of para-hydroxylation sites is 1. The van der Waals surface area contributed by atoms with E-state index in [-0.39, 0.29) is 22.9 Å². The summed E-state index contributed by atoms with van der Waals surface area (Å²) in [5.41, 5.74) is 1.01. The van der Waals surface area contributed by atoms with Gasteiger partial charge in [-0.05, 0) is 50.1 Å². The third-order valence-electron chi connectivity index (χ3n) is 7.82. The fraction of sp³-hybridized carbons (Fsp3) is 0.500. The minimum absolute atomic E-state index is 0.131. The van der Waals surface area contributed by atoms with Crippen molar-refractivity contribution in [2.75, 3.05) is 23.4 Å². The van der Waals surface area contributed by atoms with Crippen molar-refractivity contribution >= 4 is 34.4 Å². The van der Waals surface area contributed by atoms with Gasteiger partial charge < -0.3 is 10.1 Å². The molecule has 1 N–H and O–H groups in total. The van der Waals surface area contributed by atoms with E-state index in [1.165, 1.54) is 17.0 Å². The van der Waals surface area contributed by atoms with Crippen molar-refractivity contribution < 1.29 is 17.7 Å². The number of pyridine rings is 1.